The van der Waals surface area contributed by atoms with Gasteiger partial charge in [-0.15, -0.1) is 0 Å². The summed E-state index contributed by atoms with van der Waals surface area (Å²) in [5.41, 5.74) is 3.04. The molecule has 3 aromatic carbocycles. The third kappa shape index (κ3) is 6.71. The molecule has 3 aromatic rings. The molecule has 0 bridgehead atoms. The molecule has 1 N–H and O–H groups in total. The van der Waals surface area contributed by atoms with E-state index >= 15 is 0 Å². The zero-order chi connectivity index (χ0) is 22.8. The molecular weight excluding hydrogens is 400 g/mol. The minimum Gasteiger partial charge on any atom is -0.497 e. The summed E-state index contributed by atoms with van der Waals surface area (Å²) in [7, 11) is 1.64. The Labute approximate surface area is 190 Å². The molecule has 0 spiro atoms. The maximum Gasteiger partial charge on any atom is 0.242 e. The van der Waals surface area contributed by atoms with E-state index in [0.29, 0.717) is 19.5 Å². The van der Waals surface area contributed by atoms with Gasteiger partial charge in [-0.1, -0.05) is 72.8 Å². The minimum atomic E-state index is -0.581. The number of benzene rings is 3. The SMILES string of the molecule is COc1ccc(CCNC(=O)[C@@H](C)N(Cc2ccccc2)C(=O)Cc2ccccc2)cc1. The zero-order valence-electron chi connectivity index (χ0n) is 18.7. The van der Waals surface area contributed by atoms with Gasteiger partial charge in [0.15, 0.2) is 0 Å². The Kier molecular flexibility index (Phi) is 8.44. The van der Waals surface area contributed by atoms with E-state index < -0.39 is 6.04 Å². The van der Waals surface area contributed by atoms with Crippen LogP contribution in [-0.2, 0) is 29.0 Å². The van der Waals surface area contributed by atoms with Crippen molar-refractivity contribution in [3.05, 3.63) is 102 Å². The van der Waals surface area contributed by atoms with Crippen molar-refractivity contribution in [2.75, 3.05) is 13.7 Å². The van der Waals surface area contributed by atoms with Crippen molar-refractivity contribution in [3.8, 4) is 5.75 Å². The lowest BCUT2D eigenvalue weighted by molar-refractivity contribution is -0.140. The van der Waals surface area contributed by atoms with Crippen LogP contribution >= 0.6 is 0 Å². The number of rotatable bonds is 10. The summed E-state index contributed by atoms with van der Waals surface area (Å²) in [6.45, 7) is 2.68. The first kappa shape index (κ1) is 23.1. The van der Waals surface area contributed by atoms with E-state index in [9.17, 15) is 9.59 Å². The molecule has 166 valence electrons. The maximum absolute atomic E-state index is 13.2. The Hall–Kier alpha value is -3.60. The van der Waals surface area contributed by atoms with Crippen LogP contribution in [0.25, 0.3) is 0 Å². The predicted octanol–water partition coefficient (Wildman–Crippen LogP) is 4.01. The van der Waals surface area contributed by atoms with Crippen molar-refractivity contribution in [3.63, 3.8) is 0 Å². The molecule has 0 saturated heterocycles. The fourth-order valence-electron chi connectivity index (χ4n) is 3.50. The van der Waals surface area contributed by atoms with Gasteiger partial charge < -0.3 is 15.0 Å². The van der Waals surface area contributed by atoms with E-state index in [-0.39, 0.29) is 18.2 Å². The molecular formula is C27H30N2O3. The average Bonchev–Trinajstić information content (AvgIpc) is 2.83. The molecule has 32 heavy (non-hydrogen) atoms. The fraction of sp³-hybridized carbons (Fsp3) is 0.259. The molecule has 0 heterocycles. The van der Waals surface area contributed by atoms with Gasteiger partial charge in [0.1, 0.15) is 11.8 Å². The highest BCUT2D eigenvalue weighted by molar-refractivity contribution is 5.88. The van der Waals surface area contributed by atoms with Crippen molar-refractivity contribution in [2.24, 2.45) is 0 Å². The first-order valence-electron chi connectivity index (χ1n) is 10.8. The molecule has 0 aliphatic carbocycles. The quantitative estimate of drug-likeness (QED) is 0.529. The van der Waals surface area contributed by atoms with Gasteiger partial charge in [-0.05, 0) is 42.2 Å². The van der Waals surface area contributed by atoms with Gasteiger partial charge in [0.2, 0.25) is 11.8 Å². The topological polar surface area (TPSA) is 58.6 Å². The van der Waals surface area contributed by atoms with Crippen LogP contribution in [0.5, 0.6) is 5.75 Å². The van der Waals surface area contributed by atoms with Gasteiger partial charge in [-0.3, -0.25) is 9.59 Å². The van der Waals surface area contributed by atoms with Crippen LogP contribution in [0.3, 0.4) is 0 Å². The second-order valence-corrected chi connectivity index (χ2v) is 7.73. The Bertz CT molecular complexity index is 988. The van der Waals surface area contributed by atoms with Gasteiger partial charge in [0.25, 0.3) is 0 Å². The minimum absolute atomic E-state index is 0.0714. The molecule has 2 amide bonds. The molecule has 5 nitrogen and oxygen atoms in total. The number of nitrogens with zero attached hydrogens (tertiary/aromatic N) is 1. The van der Waals surface area contributed by atoms with E-state index in [1.54, 1.807) is 18.9 Å². The Morgan fingerprint density at radius 2 is 1.44 bits per heavy atom. The molecule has 1 atom stereocenters. The van der Waals surface area contributed by atoms with E-state index in [1.165, 1.54) is 0 Å². The van der Waals surface area contributed by atoms with Crippen LogP contribution in [0.15, 0.2) is 84.9 Å². The highest BCUT2D eigenvalue weighted by atomic mass is 16.5. The van der Waals surface area contributed by atoms with Gasteiger partial charge in [0.05, 0.1) is 13.5 Å². The lowest BCUT2D eigenvalue weighted by Crippen LogP contribution is -2.48. The van der Waals surface area contributed by atoms with Gasteiger partial charge in [-0.2, -0.15) is 0 Å². The predicted molar refractivity (Wildman–Crippen MR) is 126 cm³/mol. The number of hydrogen-bond acceptors (Lipinski definition) is 3. The summed E-state index contributed by atoms with van der Waals surface area (Å²) in [6, 6.07) is 26.6. The number of nitrogens with one attached hydrogen (secondary N) is 1. The fourth-order valence-corrected chi connectivity index (χ4v) is 3.50. The number of methoxy groups -OCH3 is 1. The summed E-state index contributed by atoms with van der Waals surface area (Å²) >= 11 is 0. The molecule has 0 saturated carbocycles. The normalized spacial score (nSPS) is 11.4. The van der Waals surface area contributed by atoms with Gasteiger partial charge in [-0.25, -0.2) is 0 Å². The maximum atomic E-state index is 13.2. The van der Waals surface area contributed by atoms with Crippen LogP contribution in [-0.4, -0.2) is 36.4 Å². The Morgan fingerprint density at radius 1 is 0.844 bits per heavy atom. The molecule has 0 radical (unpaired) electrons. The summed E-state index contributed by atoms with van der Waals surface area (Å²) in [6.07, 6.45) is 0.968. The summed E-state index contributed by atoms with van der Waals surface area (Å²) in [4.78, 5) is 27.7. The van der Waals surface area contributed by atoms with E-state index in [0.717, 1.165) is 22.4 Å². The van der Waals surface area contributed by atoms with Crippen molar-refractivity contribution in [1.82, 2.24) is 10.2 Å². The largest absolute Gasteiger partial charge is 0.497 e. The van der Waals surface area contributed by atoms with Crippen LogP contribution in [0.1, 0.15) is 23.6 Å². The van der Waals surface area contributed by atoms with E-state index in [2.05, 4.69) is 5.32 Å². The van der Waals surface area contributed by atoms with E-state index in [1.807, 2.05) is 84.9 Å². The van der Waals surface area contributed by atoms with Crippen LogP contribution < -0.4 is 10.1 Å². The number of ether oxygens (including phenoxy) is 1. The van der Waals surface area contributed by atoms with Crippen molar-refractivity contribution >= 4 is 11.8 Å². The number of amides is 2. The smallest absolute Gasteiger partial charge is 0.242 e. The lowest BCUT2D eigenvalue weighted by atomic mass is 10.1. The molecule has 0 aromatic heterocycles. The number of hydrogen-bond donors (Lipinski definition) is 1. The van der Waals surface area contributed by atoms with Crippen LogP contribution in [0, 0.1) is 0 Å². The van der Waals surface area contributed by atoms with Crippen molar-refractivity contribution in [1.29, 1.82) is 0 Å². The standard InChI is InChI=1S/C27H30N2O3/c1-21(27(31)28-18-17-22-13-15-25(32-2)16-14-22)29(20-24-11-7-4-8-12-24)26(30)19-23-9-5-3-6-10-23/h3-16,21H,17-20H2,1-2H3,(H,28,31)/t21-/m1/s1. The molecule has 0 fully saturated rings. The zero-order valence-corrected chi connectivity index (χ0v) is 18.7. The van der Waals surface area contributed by atoms with Gasteiger partial charge >= 0.3 is 0 Å². The molecule has 3 rings (SSSR count). The molecule has 5 heteroatoms. The van der Waals surface area contributed by atoms with Crippen molar-refractivity contribution < 1.29 is 14.3 Å². The van der Waals surface area contributed by atoms with Gasteiger partial charge in [0, 0.05) is 13.1 Å². The summed E-state index contributed by atoms with van der Waals surface area (Å²) in [5.74, 6) is 0.577. The third-order valence-corrected chi connectivity index (χ3v) is 5.43. The average molecular weight is 431 g/mol. The summed E-state index contributed by atoms with van der Waals surface area (Å²) in [5, 5.41) is 2.98. The first-order valence-corrected chi connectivity index (χ1v) is 10.8. The Morgan fingerprint density at radius 3 is 2.03 bits per heavy atom. The van der Waals surface area contributed by atoms with Crippen LogP contribution in [0.4, 0.5) is 0 Å². The Balaban J connectivity index is 1.63. The van der Waals surface area contributed by atoms with E-state index in [4.69, 9.17) is 4.74 Å². The first-order chi connectivity index (χ1) is 15.6. The highest BCUT2D eigenvalue weighted by Crippen LogP contribution is 2.13. The second-order valence-electron chi connectivity index (χ2n) is 7.73. The molecule has 0 aliphatic rings. The third-order valence-electron chi connectivity index (χ3n) is 5.43. The second kappa shape index (κ2) is 11.7. The number of carbonyl (C=O) groups excluding carboxylic acids is 2. The molecule has 0 unspecified atom stereocenters. The monoisotopic (exact) mass is 430 g/mol. The lowest BCUT2D eigenvalue weighted by Gasteiger charge is -2.29. The van der Waals surface area contributed by atoms with Crippen LogP contribution in [0.2, 0.25) is 0 Å². The van der Waals surface area contributed by atoms with Crippen molar-refractivity contribution in [2.45, 2.75) is 32.4 Å². The summed E-state index contributed by atoms with van der Waals surface area (Å²) < 4.78 is 5.18. The molecule has 0 aliphatic heterocycles. The highest BCUT2D eigenvalue weighted by Gasteiger charge is 2.26. The number of carbonyl (C=O) groups is 2.